The van der Waals surface area contributed by atoms with Gasteiger partial charge in [0.2, 0.25) is 0 Å². The molecule has 0 unspecified atom stereocenters. The summed E-state index contributed by atoms with van der Waals surface area (Å²) in [6, 6.07) is 11.4. The van der Waals surface area contributed by atoms with Crippen LogP contribution in [0.15, 0.2) is 42.5 Å². The summed E-state index contributed by atoms with van der Waals surface area (Å²) in [7, 11) is 0. The predicted molar refractivity (Wildman–Crippen MR) is 92.5 cm³/mol. The highest BCUT2D eigenvalue weighted by molar-refractivity contribution is 5.75. The van der Waals surface area contributed by atoms with Gasteiger partial charge in [-0.25, -0.2) is 9.18 Å². The molecule has 2 amide bonds. The van der Waals surface area contributed by atoms with E-state index in [1.54, 1.807) is 17.0 Å². The molecule has 25 heavy (non-hydrogen) atoms. The number of aliphatic hydroxyl groups excluding tert-OH is 1. The molecule has 1 aliphatic heterocycles. The van der Waals surface area contributed by atoms with Crippen molar-refractivity contribution in [2.24, 2.45) is 0 Å². The molecule has 1 aliphatic rings. The molecule has 2 heterocycles. The highest BCUT2D eigenvalue weighted by atomic mass is 19.1. The van der Waals surface area contributed by atoms with Crippen molar-refractivity contribution in [3.63, 3.8) is 0 Å². The van der Waals surface area contributed by atoms with E-state index in [2.05, 4.69) is 10.3 Å². The van der Waals surface area contributed by atoms with Crippen LogP contribution in [0.3, 0.4) is 0 Å². The minimum absolute atomic E-state index is 0.246. The number of urea groups is 1. The van der Waals surface area contributed by atoms with Crippen molar-refractivity contribution in [1.82, 2.24) is 15.2 Å². The number of likely N-dealkylation sites (tertiary alicyclic amines) is 1. The summed E-state index contributed by atoms with van der Waals surface area (Å²) in [4.78, 5) is 18.5. The summed E-state index contributed by atoms with van der Waals surface area (Å²) >= 11 is 0. The Morgan fingerprint density at radius 2 is 2.16 bits per heavy atom. The van der Waals surface area contributed by atoms with Crippen LogP contribution < -0.4 is 5.32 Å². The van der Waals surface area contributed by atoms with E-state index in [1.807, 2.05) is 25.1 Å². The molecule has 2 aromatic rings. The Kier molecular flexibility index (Phi) is 5.28. The van der Waals surface area contributed by atoms with Crippen LogP contribution in [0.4, 0.5) is 9.18 Å². The Morgan fingerprint density at radius 1 is 1.36 bits per heavy atom. The highest BCUT2D eigenvalue weighted by Crippen LogP contribution is 2.32. The number of pyridine rings is 1. The molecule has 6 heteroatoms. The second-order valence-electron chi connectivity index (χ2n) is 6.36. The van der Waals surface area contributed by atoms with E-state index in [9.17, 15) is 14.3 Å². The first kappa shape index (κ1) is 17.4. The van der Waals surface area contributed by atoms with Crippen LogP contribution in [0, 0.1) is 12.7 Å². The fourth-order valence-corrected chi connectivity index (χ4v) is 3.21. The fraction of sp³-hybridized carbons (Fsp3) is 0.368. The Morgan fingerprint density at radius 3 is 2.92 bits per heavy atom. The molecule has 5 nitrogen and oxygen atoms in total. The summed E-state index contributed by atoms with van der Waals surface area (Å²) in [5, 5.41) is 12.8. The Bertz CT molecular complexity index is 753. The molecule has 1 fully saturated rings. The SMILES string of the molecule is Cc1cccc(CCNC(=O)N2C[C@@H](O)C[C@H]2c2cccc(F)c2)n1. The quantitative estimate of drug-likeness (QED) is 0.897. The number of nitrogens with zero attached hydrogens (tertiary/aromatic N) is 2. The van der Waals surface area contributed by atoms with E-state index in [0.717, 1.165) is 11.4 Å². The van der Waals surface area contributed by atoms with Gasteiger partial charge in [-0.15, -0.1) is 0 Å². The van der Waals surface area contributed by atoms with Crippen LogP contribution >= 0.6 is 0 Å². The Balaban J connectivity index is 1.61. The average molecular weight is 343 g/mol. The summed E-state index contributed by atoms with van der Waals surface area (Å²) < 4.78 is 13.5. The average Bonchev–Trinajstić information content (AvgIpc) is 2.97. The van der Waals surface area contributed by atoms with Gasteiger partial charge in [0.05, 0.1) is 12.1 Å². The molecule has 1 saturated heterocycles. The first-order valence-electron chi connectivity index (χ1n) is 8.43. The topological polar surface area (TPSA) is 65.5 Å². The van der Waals surface area contributed by atoms with Crippen LogP contribution in [0.5, 0.6) is 0 Å². The van der Waals surface area contributed by atoms with Gasteiger partial charge >= 0.3 is 6.03 Å². The van der Waals surface area contributed by atoms with Crippen LogP contribution in [-0.2, 0) is 6.42 Å². The number of carbonyl (C=O) groups is 1. The second-order valence-corrected chi connectivity index (χ2v) is 6.36. The molecule has 0 aliphatic carbocycles. The molecule has 2 atom stereocenters. The van der Waals surface area contributed by atoms with E-state index in [0.29, 0.717) is 24.9 Å². The number of aromatic nitrogens is 1. The van der Waals surface area contributed by atoms with Gasteiger partial charge in [0.15, 0.2) is 0 Å². The minimum atomic E-state index is -0.600. The largest absolute Gasteiger partial charge is 0.391 e. The Hall–Kier alpha value is -2.47. The zero-order valence-electron chi connectivity index (χ0n) is 14.2. The highest BCUT2D eigenvalue weighted by Gasteiger charge is 2.35. The van der Waals surface area contributed by atoms with Crippen LogP contribution in [-0.4, -0.2) is 40.2 Å². The molecule has 0 bridgehead atoms. The smallest absolute Gasteiger partial charge is 0.318 e. The van der Waals surface area contributed by atoms with Crippen molar-refractivity contribution in [2.45, 2.75) is 31.9 Å². The molecule has 0 spiro atoms. The molecule has 1 aromatic carbocycles. The van der Waals surface area contributed by atoms with E-state index in [-0.39, 0.29) is 24.4 Å². The Labute approximate surface area is 146 Å². The van der Waals surface area contributed by atoms with E-state index >= 15 is 0 Å². The van der Waals surface area contributed by atoms with E-state index < -0.39 is 6.10 Å². The number of hydrogen-bond acceptors (Lipinski definition) is 3. The van der Waals surface area contributed by atoms with E-state index in [1.165, 1.54) is 12.1 Å². The summed E-state index contributed by atoms with van der Waals surface area (Å²) in [6.07, 6.45) is 0.447. The molecule has 132 valence electrons. The maximum Gasteiger partial charge on any atom is 0.318 e. The molecule has 0 saturated carbocycles. The number of rotatable bonds is 4. The van der Waals surface area contributed by atoms with Gasteiger partial charge in [-0.2, -0.15) is 0 Å². The fourth-order valence-electron chi connectivity index (χ4n) is 3.21. The maximum absolute atomic E-state index is 13.5. The summed E-state index contributed by atoms with van der Waals surface area (Å²) in [5.74, 6) is -0.343. The number of aliphatic hydroxyl groups is 1. The van der Waals surface area contributed by atoms with Crippen molar-refractivity contribution >= 4 is 6.03 Å². The third kappa shape index (κ3) is 4.33. The van der Waals surface area contributed by atoms with Gasteiger partial charge in [0.25, 0.3) is 0 Å². The number of benzene rings is 1. The van der Waals surface area contributed by atoms with Gasteiger partial charge in [0.1, 0.15) is 5.82 Å². The third-order valence-electron chi connectivity index (χ3n) is 4.38. The molecule has 1 aromatic heterocycles. The van der Waals surface area contributed by atoms with Crippen LogP contribution in [0.25, 0.3) is 0 Å². The maximum atomic E-state index is 13.5. The van der Waals surface area contributed by atoms with Crippen molar-refractivity contribution in [2.75, 3.05) is 13.1 Å². The van der Waals surface area contributed by atoms with Gasteiger partial charge < -0.3 is 15.3 Å². The van der Waals surface area contributed by atoms with Gasteiger partial charge in [0, 0.05) is 30.9 Å². The number of β-amino-alcohol motifs (C(OH)–C–C–N with tert-alkyl or cyclic N) is 1. The molecule has 0 radical (unpaired) electrons. The lowest BCUT2D eigenvalue weighted by atomic mass is 10.0. The number of nitrogens with one attached hydrogen (secondary N) is 1. The molecular formula is C19H22FN3O2. The zero-order chi connectivity index (χ0) is 17.8. The number of hydrogen-bond donors (Lipinski definition) is 2. The summed E-state index contributed by atoms with van der Waals surface area (Å²) in [5.41, 5.74) is 2.56. The number of amides is 2. The van der Waals surface area contributed by atoms with Crippen LogP contribution in [0.2, 0.25) is 0 Å². The lowest BCUT2D eigenvalue weighted by molar-refractivity contribution is 0.169. The van der Waals surface area contributed by atoms with E-state index in [4.69, 9.17) is 0 Å². The first-order valence-corrected chi connectivity index (χ1v) is 8.43. The monoisotopic (exact) mass is 343 g/mol. The molecule has 2 N–H and O–H groups in total. The van der Waals surface area contributed by atoms with Gasteiger partial charge in [-0.1, -0.05) is 18.2 Å². The third-order valence-corrected chi connectivity index (χ3v) is 4.38. The predicted octanol–water partition coefficient (Wildman–Crippen LogP) is 2.59. The first-order chi connectivity index (χ1) is 12.0. The lowest BCUT2D eigenvalue weighted by Gasteiger charge is -2.25. The van der Waals surface area contributed by atoms with Crippen molar-refractivity contribution in [3.05, 3.63) is 65.2 Å². The number of aryl methyl sites for hydroxylation is 1. The minimum Gasteiger partial charge on any atom is -0.391 e. The number of carbonyl (C=O) groups excluding carboxylic acids is 1. The van der Waals surface area contributed by atoms with Gasteiger partial charge in [-0.3, -0.25) is 4.98 Å². The van der Waals surface area contributed by atoms with Crippen LogP contribution in [0.1, 0.15) is 29.4 Å². The number of halogens is 1. The molecular weight excluding hydrogens is 321 g/mol. The standard InChI is InChI=1S/C19H22FN3O2/c1-13-4-2-7-16(22-13)8-9-21-19(25)23-12-17(24)11-18(23)14-5-3-6-15(20)10-14/h2-7,10,17-18,24H,8-9,11-12H2,1H3,(H,21,25)/t17-,18-/m0/s1. The lowest BCUT2D eigenvalue weighted by Crippen LogP contribution is -2.41. The summed E-state index contributed by atoms with van der Waals surface area (Å²) in [6.45, 7) is 2.63. The normalized spacial score (nSPS) is 19.9. The molecule has 3 rings (SSSR count). The van der Waals surface area contributed by atoms with Crippen molar-refractivity contribution in [1.29, 1.82) is 0 Å². The van der Waals surface area contributed by atoms with Crippen molar-refractivity contribution < 1.29 is 14.3 Å². The van der Waals surface area contributed by atoms with Gasteiger partial charge in [-0.05, 0) is 43.2 Å². The zero-order valence-corrected chi connectivity index (χ0v) is 14.2. The van der Waals surface area contributed by atoms with Crippen molar-refractivity contribution in [3.8, 4) is 0 Å². The second kappa shape index (κ2) is 7.61.